The van der Waals surface area contributed by atoms with Crippen LogP contribution in [-0.2, 0) is 10.0 Å². The number of carbonyl (C=O) groups is 2. The molecule has 1 saturated heterocycles. The van der Waals surface area contributed by atoms with Crippen LogP contribution >= 0.6 is 11.8 Å². The first-order chi connectivity index (χ1) is 13.0. The Morgan fingerprint density at radius 1 is 0.963 bits per heavy atom. The molecule has 0 N–H and O–H groups in total. The Morgan fingerprint density at radius 2 is 1.59 bits per heavy atom. The maximum atomic E-state index is 12.5. The Kier molecular flexibility index (Phi) is 4.75. The molecule has 2 aromatic rings. The van der Waals surface area contributed by atoms with Gasteiger partial charge in [-0.1, -0.05) is 23.9 Å². The Labute approximate surface area is 161 Å². The molecule has 3 heterocycles. The van der Waals surface area contributed by atoms with Gasteiger partial charge in [-0.05, 0) is 37.1 Å². The predicted octanol–water partition coefficient (Wildman–Crippen LogP) is 2.21. The summed E-state index contributed by atoms with van der Waals surface area (Å²) in [4.78, 5) is 30.2. The van der Waals surface area contributed by atoms with Crippen LogP contribution < -0.4 is 0 Å². The van der Waals surface area contributed by atoms with Gasteiger partial charge in [-0.25, -0.2) is 13.4 Å². The number of carbonyl (C=O) groups excluding carboxylic acids is 2. The number of benzene rings is 1. The van der Waals surface area contributed by atoms with Crippen LogP contribution in [0.25, 0.3) is 0 Å². The molecular weight excluding hydrogens is 386 g/mol. The van der Waals surface area contributed by atoms with Crippen molar-refractivity contribution in [3.8, 4) is 0 Å². The van der Waals surface area contributed by atoms with Crippen LogP contribution in [0.5, 0.6) is 0 Å². The monoisotopic (exact) mass is 403 g/mol. The van der Waals surface area contributed by atoms with E-state index in [1.807, 2.05) is 0 Å². The first kappa shape index (κ1) is 18.1. The molecule has 0 unspecified atom stereocenters. The molecule has 140 valence electrons. The summed E-state index contributed by atoms with van der Waals surface area (Å²) < 4.78 is 26.5. The molecule has 2 aliphatic heterocycles. The number of pyridine rings is 1. The van der Waals surface area contributed by atoms with Crippen LogP contribution in [0, 0.1) is 0 Å². The zero-order valence-electron chi connectivity index (χ0n) is 14.4. The van der Waals surface area contributed by atoms with Crippen molar-refractivity contribution >= 4 is 33.6 Å². The fraction of sp³-hybridized carbons (Fsp3) is 0.278. The first-order valence-electron chi connectivity index (χ1n) is 8.53. The summed E-state index contributed by atoms with van der Waals surface area (Å²) in [7, 11) is -3.50. The molecule has 0 bridgehead atoms. The molecule has 1 fully saturated rings. The number of hydrogen-bond acceptors (Lipinski definition) is 6. The number of rotatable bonds is 5. The highest BCUT2D eigenvalue weighted by Gasteiger charge is 2.35. The zero-order valence-corrected chi connectivity index (χ0v) is 16.0. The fourth-order valence-corrected chi connectivity index (χ4v) is 5.42. The molecule has 2 aliphatic rings. The summed E-state index contributed by atoms with van der Waals surface area (Å²) in [5.41, 5.74) is 0.811. The number of nitrogens with zero attached hydrogens (tertiary/aromatic N) is 3. The predicted molar refractivity (Wildman–Crippen MR) is 99.9 cm³/mol. The van der Waals surface area contributed by atoms with E-state index in [0.29, 0.717) is 29.2 Å². The second-order valence-corrected chi connectivity index (χ2v) is 9.20. The number of aromatic nitrogens is 1. The Hall–Kier alpha value is -2.23. The van der Waals surface area contributed by atoms with Crippen molar-refractivity contribution in [3.63, 3.8) is 0 Å². The normalized spacial score (nSPS) is 17.6. The Bertz CT molecular complexity index is 965. The largest absolute Gasteiger partial charge is 0.269 e. The van der Waals surface area contributed by atoms with E-state index in [2.05, 4.69) is 4.98 Å². The average Bonchev–Trinajstić information content (AvgIpc) is 3.30. The van der Waals surface area contributed by atoms with E-state index < -0.39 is 10.0 Å². The summed E-state index contributed by atoms with van der Waals surface area (Å²) >= 11 is 1.21. The Balaban J connectivity index is 1.44. The topological polar surface area (TPSA) is 87.7 Å². The molecular formula is C18H17N3O4S2. The number of amides is 2. The van der Waals surface area contributed by atoms with Crippen molar-refractivity contribution in [2.24, 2.45) is 0 Å². The maximum Gasteiger partial charge on any atom is 0.262 e. The number of sulfonamides is 1. The summed E-state index contributed by atoms with van der Waals surface area (Å²) in [6.45, 7) is 1.08. The molecule has 0 atom stereocenters. The lowest BCUT2D eigenvalue weighted by molar-refractivity contribution is 0.0684. The van der Waals surface area contributed by atoms with E-state index in [1.54, 1.807) is 30.3 Å². The van der Waals surface area contributed by atoms with Crippen LogP contribution in [0.3, 0.4) is 0 Å². The molecule has 0 spiro atoms. The van der Waals surface area contributed by atoms with Crippen LogP contribution in [-0.4, -0.2) is 53.4 Å². The van der Waals surface area contributed by atoms with Crippen LogP contribution in [0.1, 0.15) is 33.6 Å². The number of imide groups is 1. The van der Waals surface area contributed by atoms with Gasteiger partial charge in [0, 0.05) is 19.3 Å². The Morgan fingerprint density at radius 3 is 2.15 bits per heavy atom. The van der Waals surface area contributed by atoms with E-state index in [9.17, 15) is 18.0 Å². The molecule has 1 aromatic carbocycles. The van der Waals surface area contributed by atoms with Gasteiger partial charge in [0.05, 0.1) is 22.0 Å². The number of hydrogen-bond donors (Lipinski definition) is 0. The van der Waals surface area contributed by atoms with Gasteiger partial charge in [-0.2, -0.15) is 4.31 Å². The molecule has 4 rings (SSSR count). The minimum atomic E-state index is -3.50. The van der Waals surface area contributed by atoms with E-state index >= 15 is 0 Å². The van der Waals surface area contributed by atoms with Gasteiger partial charge in [-0.15, -0.1) is 0 Å². The first-order valence-corrected chi connectivity index (χ1v) is 11.0. The number of fused-ring (bicyclic) bond motifs is 1. The van der Waals surface area contributed by atoms with Gasteiger partial charge < -0.3 is 0 Å². The highest BCUT2D eigenvalue weighted by Crippen LogP contribution is 2.27. The molecule has 0 saturated carbocycles. The summed E-state index contributed by atoms with van der Waals surface area (Å²) in [6, 6.07) is 9.84. The minimum absolute atomic E-state index is 0.123. The summed E-state index contributed by atoms with van der Waals surface area (Å²) in [5, 5.41) is 0.548. The van der Waals surface area contributed by atoms with E-state index in [1.165, 1.54) is 33.2 Å². The average molecular weight is 403 g/mol. The molecule has 0 radical (unpaired) electrons. The van der Waals surface area contributed by atoms with Crippen LogP contribution in [0.2, 0.25) is 0 Å². The zero-order chi connectivity index (χ0) is 19.0. The van der Waals surface area contributed by atoms with Crippen molar-refractivity contribution < 1.29 is 18.0 Å². The van der Waals surface area contributed by atoms with E-state index in [4.69, 9.17) is 0 Å². The highest BCUT2D eigenvalue weighted by molar-refractivity contribution is 7.99. The van der Waals surface area contributed by atoms with Crippen LogP contribution in [0.4, 0.5) is 0 Å². The minimum Gasteiger partial charge on any atom is -0.269 e. The molecule has 9 heteroatoms. The third-order valence-corrected chi connectivity index (χ3v) is 7.44. The molecule has 27 heavy (non-hydrogen) atoms. The van der Waals surface area contributed by atoms with Gasteiger partial charge in [0.1, 0.15) is 4.90 Å². The van der Waals surface area contributed by atoms with Gasteiger partial charge in [0.2, 0.25) is 10.0 Å². The van der Waals surface area contributed by atoms with Crippen molar-refractivity contribution in [1.29, 1.82) is 0 Å². The third-order valence-electron chi connectivity index (χ3n) is 4.63. The molecule has 1 aromatic heterocycles. The lowest BCUT2D eigenvalue weighted by Crippen LogP contribution is -2.29. The number of thioether (sulfide) groups is 1. The fourth-order valence-electron chi connectivity index (χ4n) is 3.17. The van der Waals surface area contributed by atoms with Gasteiger partial charge >= 0.3 is 0 Å². The van der Waals surface area contributed by atoms with Crippen molar-refractivity contribution in [2.45, 2.75) is 22.8 Å². The van der Waals surface area contributed by atoms with Crippen molar-refractivity contribution in [1.82, 2.24) is 14.2 Å². The quantitative estimate of drug-likeness (QED) is 0.562. The molecule has 7 nitrogen and oxygen atoms in total. The van der Waals surface area contributed by atoms with Crippen LogP contribution in [0.15, 0.2) is 52.5 Å². The standard InChI is InChI=1S/C18H17N3O4S2/c22-17-14-5-1-2-6-15(14)18(23)21(17)12-26-16-8-7-13(11-19-16)27(24,25)20-9-3-4-10-20/h1-2,5-8,11H,3-4,9-10,12H2. The maximum absolute atomic E-state index is 12.5. The molecule has 0 aliphatic carbocycles. The van der Waals surface area contributed by atoms with E-state index in [-0.39, 0.29) is 22.6 Å². The van der Waals surface area contributed by atoms with E-state index in [0.717, 1.165) is 12.8 Å². The van der Waals surface area contributed by atoms with Crippen molar-refractivity contribution in [2.75, 3.05) is 19.0 Å². The summed E-state index contributed by atoms with van der Waals surface area (Å²) in [6.07, 6.45) is 3.08. The van der Waals surface area contributed by atoms with Gasteiger partial charge in [0.25, 0.3) is 11.8 Å². The second-order valence-electron chi connectivity index (χ2n) is 6.30. The molecule has 2 amide bonds. The third kappa shape index (κ3) is 3.26. The second kappa shape index (κ2) is 7.06. The smallest absolute Gasteiger partial charge is 0.262 e. The lowest BCUT2D eigenvalue weighted by Gasteiger charge is -2.15. The summed E-state index contributed by atoms with van der Waals surface area (Å²) in [5.74, 6) is -0.523. The van der Waals surface area contributed by atoms with Crippen molar-refractivity contribution in [3.05, 3.63) is 53.7 Å². The lowest BCUT2D eigenvalue weighted by atomic mass is 10.1. The van der Waals surface area contributed by atoms with Gasteiger partial charge in [0.15, 0.2) is 0 Å². The van der Waals surface area contributed by atoms with Gasteiger partial charge in [-0.3, -0.25) is 14.5 Å². The highest BCUT2D eigenvalue weighted by atomic mass is 32.2. The SMILES string of the molecule is O=C1c2ccccc2C(=O)N1CSc1ccc(S(=O)(=O)N2CCCC2)cn1.